The molecule has 1 fully saturated rings. The number of halogens is 1. The van der Waals surface area contributed by atoms with E-state index in [2.05, 4.69) is 11.9 Å². The number of nitrogens with zero attached hydrogens (tertiary/aromatic N) is 1. The van der Waals surface area contributed by atoms with Crippen LogP contribution in [0.3, 0.4) is 0 Å². The van der Waals surface area contributed by atoms with Crippen LogP contribution in [0.25, 0.3) is 0 Å². The normalized spacial score (nSPS) is 31.2. The van der Waals surface area contributed by atoms with Gasteiger partial charge in [-0.1, -0.05) is 6.92 Å². The van der Waals surface area contributed by atoms with Crippen LogP contribution in [0.5, 0.6) is 0 Å². The van der Waals surface area contributed by atoms with Crippen molar-refractivity contribution in [1.29, 1.82) is 0 Å². The molecule has 1 atom stereocenters. The maximum Gasteiger partial charge on any atom is 0.147 e. The van der Waals surface area contributed by atoms with Gasteiger partial charge in [-0.2, -0.15) is 0 Å². The van der Waals surface area contributed by atoms with Crippen molar-refractivity contribution in [3.8, 4) is 0 Å². The minimum Gasteiger partial charge on any atom is -0.387 e. The molecule has 1 aromatic rings. The average Bonchev–Trinajstić information content (AvgIpc) is 2.33. The van der Waals surface area contributed by atoms with Crippen molar-refractivity contribution in [2.75, 3.05) is 0 Å². The van der Waals surface area contributed by atoms with E-state index in [-0.39, 0.29) is 5.56 Å². The summed E-state index contributed by atoms with van der Waals surface area (Å²) < 4.78 is 13.5. The second kappa shape index (κ2) is 4.70. The minimum atomic E-state index is -1.20. The van der Waals surface area contributed by atoms with E-state index in [1.54, 1.807) is 0 Å². The van der Waals surface area contributed by atoms with Crippen molar-refractivity contribution < 1.29 is 14.6 Å². The summed E-state index contributed by atoms with van der Waals surface area (Å²) in [5.41, 5.74) is -1.06. The molecule has 1 aromatic heterocycles. The molecule has 1 unspecified atom stereocenters. The molecule has 1 aliphatic carbocycles. The molecule has 0 bridgehead atoms. The molecule has 0 saturated heterocycles. The van der Waals surface area contributed by atoms with Crippen LogP contribution in [0, 0.1) is 11.7 Å². The summed E-state index contributed by atoms with van der Waals surface area (Å²) in [5.74, 6) is -0.00295. The summed E-state index contributed by atoms with van der Waals surface area (Å²) in [6, 6.07) is 1.43. The van der Waals surface area contributed by atoms with Gasteiger partial charge in [0, 0.05) is 11.8 Å². The molecular weight excluding hydrogens is 221 g/mol. The quantitative estimate of drug-likeness (QED) is 0.831. The van der Waals surface area contributed by atoms with Gasteiger partial charge in [0.15, 0.2) is 0 Å². The lowest BCUT2D eigenvalue weighted by molar-refractivity contribution is -0.106. The topological polar surface area (TPSA) is 53.4 Å². The van der Waals surface area contributed by atoms with Crippen LogP contribution in [0.1, 0.15) is 44.3 Å². The predicted molar refractivity (Wildman–Crippen MR) is 61.7 cm³/mol. The van der Waals surface area contributed by atoms with E-state index in [9.17, 15) is 14.6 Å². The highest BCUT2D eigenvalue weighted by molar-refractivity contribution is 5.19. The van der Waals surface area contributed by atoms with Crippen molar-refractivity contribution in [3.05, 3.63) is 29.8 Å². The first-order valence-electron chi connectivity index (χ1n) is 6.03. The third kappa shape index (κ3) is 2.48. The van der Waals surface area contributed by atoms with E-state index >= 15 is 0 Å². The number of aromatic nitrogens is 1. The second-order valence-corrected chi connectivity index (χ2v) is 5.09. The highest BCUT2D eigenvalue weighted by Gasteiger charge is 2.40. The van der Waals surface area contributed by atoms with Gasteiger partial charge < -0.3 is 10.2 Å². The first-order valence-corrected chi connectivity index (χ1v) is 6.03. The smallest absolute Gasteiger partial charge is 0.147 e. The van der Waals surface area contributed by atoms with E-state index in [0.717, 1.165) is 19.0 Å². The van der Waals surface area contributed by atoms with E-state index in [0.29, 0.717) is 18.8 Å². The SMILES string of the molecule is CC1CCC(O)(C(O)c2ccncc2F)CC1. The van der Waals surface area contributed by atoms with Gasteiger partial charge in [-0.05, 0) is 37.7 Å². The molecule has 2 N–H and O–H groups in total. The fourth-order valence-corrected chi connectivity index (χ4v) is 2.43. The van der Waals surface area contributed by atoms with E-state index < -0.39 is 17.5 Å². The molecule has 1 saturated carbocycles. The first-order chi connectivity index (χ1) is 8.03. The number of aliphatic hydroxyl groups excluding tert-OH is 1. The maximum atomic E-state index is 13.5. The number of rotatable bonds is 2. The number of pyridine rings is 1. The molecule has 0 amide bonds. The van der Waals surface area contributed by atoms with Crippen molar-refractivity contribution in [2.45, 2.75) is 44.3 Å². The Bertz CT molecular complexity index is 389. The molecule has 1 heterocycles. The molecule has 3 nitrogen and oxygen atoms in total. The lowest BCUT2D eigenvalue weighted by Gasteiger charge is -2.38. The fraction of sp³-hybridized carbons (Fsp3) is 0.615. The van der Waals surface area contributed by atoms with Gasteiger partial charge in [-0.25, -0.2) is 4.39 Å². The minimum absolute atomic E-state index is 0.136. The van der Waals surface area contributed by atoms with Gasteiger partial charge >= 0.3 is 0 Å². The molecule has 2 rings (SSSR count). The zero-order valence-corrected chi connectivity index (χ0v) is 9.93. The Morgan fingerprint density at radius 1 is 1.47 bits per heavy atom. The van der Waals surface area contributed by atoms with Gasteiger partial charge in [-0.15, -0.1) is 0 Å². The van der Waals surface area contributed by atoms with Crippen molar-refractivity contribution in [1.82, 2.24) is 4.98 Å². The van der Waals surface area contributed by atoms with Gasteiger partial charge in [0.25, 0.3) is 0 Å². The van der Waals surface area contributed by atoms with E-state index in [1.807, 2.05) is 0 Å². The highest BCUT2D eigenvalue weighted by atomic mass is 19.1. The summed E-state index contributed by atoms with van der Waals surface area (Å²) in [4.78, 5) is 3.64. The summed E-state index contributed by atoms with van der Waals surface area (Å²) in [7, 11) is 0. The van der Waals surface area contributed by atoms with Gasteiger partial charge in [-0.3, -0.25) is 4.98 Å². The largest absolute Gasteiger partial charge is 0.387 e. The highest BCUT2D eigenvalue weighted by Crippen LogP contribution is 2.40. The zero-order valence-electron chi connectivity index (χ0n) is 9.93. The standard InChI is InChI=1S/C13H18FNO2/c1-9-2-5-13(17,6-3-9)12(16)10-4-7-15-8-11(10)14/h4,7-9,12,16-17H,2-3,5-6H2,1H3. The first kappa shape index (κ1) is 12.5. The molecule has 0 spiro atoms. The van der Waals surface area contributed by atoms with Crippen molar-refractivity contribution in [2.24, 2.45) is 5.92 Å². The summed E-state index contributed by atoms with van der Waals surface area (Å²) in [6.45, 7) is 2.12. The molecule has 1 aliphatic rings. The second-order valence-electron chi connectivity index (χ2n) is 5.09. The molecular formula is C13H18FNO2. The third-order valence-corrected chi connectivity index (χ3v) is 3.75. The molecule has 94 valence electrons. The Labute approximate surface area is 100 Å². The lowest BCUT2D eigenvalue weighted by Crippen LogP contribution is -2.40. The Kier molecular flexibility index (Phi) is 3.45. The Balaban J connectivity index is 2.20. The van der Waals surface area contributed by atoms with Crippen LogP contribution in [-0.2, 0) is 0 Å². The summed E-state index contributed by atoms with van der Waals surface area (Å²) >= 11 is 0. The van der Waals surface area contributed by atoms with Crippen molar-refractivity contribution >= 4 is 0 Å². The lowest BCUT2D eigenvalue weighted by atomic mass is 9.75. The Morgan fingerprint density at radius 3 is 2.71 bits per heavy atom. The average molecular weight is 239 g/mol. The molecule has 4 heteroatoms. The van der Waals surface area contributed by atoms with Crippen LogP contribution in [0.15, 0.2) is 18.5 Å². The van der Waals surface area contributed by atoms with Gasteiger partial charge in [0.2, 0.25) is 0 Å². The predicted octanol–water partition coefficient (Wildman–Crippen LogP) is 2.20. The number of hydrogen-bond donors (Lipinski definition) is 2. The van der Waals surface area contributed by atoms with Gasteiger partial charge in [0.1, 0.15) is 11.9 Å². The summed E-state index contributed by atoms with van der Waals surface area (Å²) in [5, 5.41) is 20.6. The molecule has 0 radical (unpaired) electrons. The number of aliphatic hydroxyl groups is 2. The van der Waals surface area contributed by atoms with E-state index in [4.69, 9.17) is 0 Å². The molecule has 0 aromatic carbocycles. The van der Waals surface area contributed by atoms with Crippen LogP contribution >= 0.6 is 0 Å². The monoisotopic (exact) mass is 239 g/mol. The van der Waals surface area contributed by atoms with Crippen LogP contribution in [0.4, 0.5) is 4.39 Å². The third-order valence-electron chi connectivity index (χ3n) is 3.75. The Hall–Kier alpha value is -1.00. The summed E-state index contributed by atoms with van der Waals surface area (Å²) in [6.07, 6.45) is 4.07. The molecule has 17 heavy (non-hydrogen) atoms. The maximum absolute atomic E-state index is 13.5. The van der Waals surface area contributed by atoms with Crippen molar-refractivity contribution in [3.63, 3.8) is 0 Å². The molecule has 0 aliphatic heterocycles. The number of hydrogen-bond acceptors (Lipinski definition) is 3. The van der Waals surface area contributed by atoms with Crippen LogP contribution in [-0.4, -0.2) is 20.8 Å². The Morgan fingerprint density at radius 2 is 2.12 bits per heavy atom. The van der Waals surface area contributed by atoms with Crippen LogP contribution < -0.4 is 0 Å². The zero-order chi connectivity index (χ0) is 12.5. The van der Waals surface area contributed by atoms with Gasteiger partial charge in [0.05, 0.1) is 11.8 Å². The fourth-order valence-electron chi connectivity index (χ4n) is 2.43. The van der Waals surface area contributed by atoms with Crippen LogP contribution in [0.2, 0.25) is 0 Å². The van der Waals surface area contributed by atoms with E-state index in [1.165, 1.54) is 12.3 Å².